The van der Waals surface area contributed by atoms with Gasteiger partial charge in [-0.05, 0) is 31.0 Å². The molecule has 0 saturated heterocycles. The van der Waals surface area contributed by atoms with Crippen LogP contribution >= 0.6 is 0 Å². The molecule has 2 rings (SSSR count). The quantitative estimate of drug-likeness (QED) is 0.639. The number of benzene rings is 1. The third-order valence-corrected chi connectivity index (χ3v) is 2.97. The van der Waals surface area contributed by atoms with Gasteiger partial charge in [0.15, 0.2) is 0 Å². The van der Waals surface area contributed by atoms with Crippen molar-refractivity contribution in [2.24, 2.45) is 0 Å². The van der Waals surface area contributed by atoms with Gasteiger partial charge in [0.05, 0.1) is 6.54 Å². The van der Waals surface area contributed by atoms with Crippen molar-refractivity contribution in [3.63, 3.8) is 0 Å². The van der Waals surface area contributed by atoms with Crippen molar-refractivity contribution in [1.29, 1.82) is 0 Å². The summed E-state index contributed by atoms with van der Waals surface area (Å²) in [5, 5.41) is 0. The molecule has 1 atom stereocenters. The average Bonchev–Trinajstić information content (AvgIpc) is 2.61. The van der Waals surface area contributed by atoms with Crippen LogP contribution in [0.5, 0.6) is 0 Å². The van der Waals surface area contributed by atoms with Gasteiger partial charge in [0.1, 0.15) is 0 Å². The van der Waals surface area contributed by atoms with Gasteiger partial charge in [-0.2, -0.15) is 0 Å². The molecule has 14 heavy (non-hydrogen) atoms. The monoisotopic (exact) mass is 185 g/mol. The zero-order valence-corrected chi connectivity index (χ0v) is 8.53. The van der Waals surface area contributed by atoms with Crippen molar-refractivity contribution in [3.8, 4) is 12.3 Å². The van der Waals surface area contributed by atoms with Crippen LogP contribution in [0.2, 0.25) is 0 Å². The van der Waals surface area contributed by atoms with E-state index >= 15 is 0 Å². The predicted octanol–water partition coefficient (Wildman–Crippen LogP) is 2.24. The van der Waals surface area contributed by atoms with E-state index < -0.39 is 0 Å². The molecule has 0 amide bonds. The minimum atomic E-state index is 0.530. The Hall–Kier alpha value is -1.26. The summed E-state index contributed by atoms with van der Waals surface area (Å²) in [6.07, 6.45) is 7.72. The smallest absolute Gasteiger partial charge is 0.0601 e. The summed E-state index contributed by atoms with van der Waals surface area (Å²) in [5.74, 6) is 2.70. The van der Waals surface area contributed by atoms with Crippen LogP contribution < -0.4 is 0 Å². The molecule has 0 saturated carbocycles. The molecule has 0 heterocycles. The van der Waals surface area contributed by atoms with Crippen molar-refractivity contribution >= 4 is 0 Å². The van der Waals surface area contributed by atoms with Gasteiger partial charge in [0.2, 0.25) is 0 Å². The average molecular weight is 185 g/mol. The van der Waals surface area contributed by atoms with E-state index in [1.54, 1.807) is 0 Å². The van der Waals surface area contributed by atoms with Gasteiger partial charge < -0.3 is 0 Å². The van der Waals surface area contributed by atoms with E-state index in [2.05, 4.69) is 42.1 Å². The predicted molar refractivity (Wildman–Crippen MR) is 59.0 cm³/mol. The van der Waals surface area contributed by atoms with Crippen molar-refractivity contribution < 1.29 is 0 Å². The molecule has 1 aromatic carbocycles. The summed E-state index contributed by atoms with van der Waals surface area (Å²) in [6, 6.07) is 9.20. The topological polar surface area (TPSA) is 3.24 Å². The molecular weight excluding hydrogens is 170 g/mol. The summed E-state index contributed by atoms with van der Waals surface area (Å²) >= 11 is 0. The normalized spacial score (nSPS) is 19.4. The third-order valence-electron chi connectivity index (χ3n) is 2.97. The zero-order chi connectivity index (χ0) is 9.97. The zero-order valence-electron chi connectivity index (χ0n) is 8.53. The molecule has 0 N–H and O–H groups in total. The van der Waals surface area contributed by atoms with E-state index in [1.807, 2.05) is 0 Å². The summed E-state index contributed by atoms with van der Waals surface area (Å²) in [7, 11) is 2.10. The fourth-order valence-corrected chi connectivity index (χ4v) is 2.25. The molecular formula is C13H15N. The van der Waals surface area contributed by atoms with Gasteiger partial charge in [0.25, 0.3) is 0 Å². The maximum Gasteiger partial charge on any atom is 0.0601 e. The van der Waals surface area contributed by atoms with Crippen LogP contribution in [-0.2, 0) is 6.42 Å². The van der Waals surface area contributed by atoms with Crippen molar-refractivity contribution in [2.45, 2.75) is 18.9 Å². The Kier molecular flexibility index (Phi) is 2.56. The second-order valence-corrected chi connectivity index (χ2v) is 3.87. The molecule has 0 bridgehead atoms. The van der Waals surface area contributed by atoms with Crippen molar-refractivity contribution in [3.05, 3.63) is 35.4 Å². The SMILES string of the molecule is C#CCN(C)C1CCc2ccccc21. The van der Waals surface area contributed by atoms with Gasteiger partial charge in [-0.15, -0.1) is 6.42 Å². The number of nitrogens with zero attached hydrogens (tertiary/aromatic N) is 1. The molecule has 0 aromatic heterocycles. The maximum absolute atomic E-state index is 5.33. The Morgan fingerprint density at radius 2 is 2.29 bits per heavy atom. The lowest BCUT2D eigenvalue weighted by Gasteiger charge is -2.22. The lowest BCUT2D eigenvalue weighted by Crippen LogP contribution is -2.23. The molecule has 1 aliphatic carbocycles. The second kappa shape index (κ2) is 3.86. The lowest BCUT2D eigenvalue weighted by molar-refractivity contribution is 0.274. The van der Waals surface area contributed by atoms with Crippen LogP contribution in [0.25, 0.3) is 0 Å². The Balaban J connectivity index is 2.22. The number of rotatable bonds is 2. The first-order valence-electron chi connectivity index (χ1n) is 5.04. The summed E-state index contributed by atoms with van der Waals surface area (Å²) in [5.41, 5.74) is 2.95. The third kappa shape index (κ3) is 1.54. The largest absolute Gasteiger partial charge is 0.288 e. The van der Waals surface area contributed by atoms with Crippen LogP contribution in [0.1, 0.15) is 23.6 Å². The Labute approximate surface area is 85.7 Å². The number of aryl methyl sites for hydroxylation is 1. The molecule has 0 radical (unpaired) electrons. The van der Waals surface area contributed by atoms with E-state index in [0.29, 0.717) is 6.04 Å². The van der Waals surface area contributed by atoms with Crippen molar-refractivity contribution in [1.82, 2.24) is 4.90 Å². The van der Waals surface area contributed by atoms with Crippen molar-refractivity contribution in [2.75, 3.05) is 13.6 Å². The first-order valence-corrected chi connectivity index (χ1v) is 5.04. The fraction of sp³-hybridized carbons (Fsp3) is 0.385. The molecule has 1 unspecified atom stereocenters. The minimum Gasteiger partial charge on any atom is -0.288 e. The highest BCUT2D eigenvalue weighted by Crippen LogP contribution is 2.34. The molecule has 1 nitrogen and oxygen atoms in total. The minimum absolute atomic E-state index is 0.530. The number of fused-ring (bicyclic) bond motifs is 1. The first-order chi connectivity index (χ1) is 6.83. The Bertz CT molecular complexity index is 362. The molecule has 0 fully saturated rings. The highest BCUT2D eigenvalue weighted by molar-refractivity contribution is 5.34. The summed E-state index contributed by atoms with van der Waals surface area (Å²) < 4.78 is 0. The van der Waals surface area contributed by atoms with Crippen LogP contribution in [-0.4, -0.2) is 18.5 Å². The standard InChI is InChI=1S/C13H15N/c1-3-10-14(2)13-9-8-11-6-4-5-7-12(11)13/h1,4-7,13H,8-10H2,2H3. The van der Waals surface area contributed by atoms with Crippen LogP contribution in [0.4, 0.5) is 0 Å². The first kappa shape index (κ1) is 9.30. The van der Waals surface area contributed by atoms with Gasteiger partial charge in [-0.3, -0.25) is 4.90 Å². The Morgan fingerprint density at radius 3 is 3.07 bits per heavy atom. The van der Waals surface area contributed by atoms with E-state index in [4.69, 9.17) is 6.42 Å². The lowest BCUT2D eigenvalue weighted by atomic mass is 10.1. The molecule has 1 heteroatoms. The highest BCUT2D eigenvalue weighted by Gasteiger charge is 2.24. The van der Waals surface area contributed by atoms with Crippen LogP contribution in [0.3, 0.4) is 0 Å². The van der Waals surface area contributed by atoms with Crippen LogP contribution in [0, 0.1) is 12.3 Å². The van der Waals surface area contributed by atoms with Crippen LogP contribution in [0.15, 0.2) is 24.3 Å². The second-order valence-electron chi connectivity index (χ2n) is 3.87. The molecule has 1 aliphatic rings. The highest BCUT2D eigenvalue weighted by atomic mass is 15.1. The summed E-state index contributed by atoms with van der Waals surface area (Å²) in [4.78, 5) is 2.26. The van der Waals surface area contributed by atoms with Gasteiger partial charge in [0, 0.05) is 6.04 Å². The van der Waals surface area contributed by atoms with E-state index in [0.717, 1.165) is 6.54 Å². The van der Waals surface area contributed by atoms with Gasteiger partial charge in [-0.25, -0.2) is 0 Å². The van der Waals surface area contributed by atoms with Gasteiger partial charge in [-0.1, -0.05) is 30.2 Å². The molecule has 1 aromatic rings. The number of hydrogen-bond acceptors (Lipinski definition) is 1. The Morgan fingerprint density at radius 1 is 1.50 bits per heavy atom. The van der Waals surface area contributed by atoms with E-state index in [-0.39, 0.29) is 0 Å². The van der Waals surface area contributed by atoms with E-state index in [1.165, 1.54) is 24.0 Å². The fourth-order valence-electron chi connectivity index (χ4n) is 2.25. The molecule has 0 spiro atoms. The number of terminal acetylenes is 1. The maximum atomic E-state index is 5.33. The molecule has 72 valence electrons. The molecule has 0 aliphatic heterocycles. The van der Waals surface area contributed by atoms with E-state index in [9.17, 15) is 0 Å². The van der Waals surface area contributed by atoms with Gasteiger partial charge >= 0.3 is 0 Å². The summed E-state index contributed by atoms with van der Waals surface area (Å²) in [6.45, 7) is 0.735. The number of hydrogen-bond donors (Lipinski definition) is 0.